The molecule has 0 radical (unpaired) electrons. The van der Waals surface area contributed by atoms with E-state index in [0.29, 0.717) is 11.1 Å². The van der Waals surface area contributed by atoms with Crippen LogP contribution in [0.2, 0.25) is 0 Å². The molecule has 1 aliphatic heterocycles. The largest absolute Gasteiger partial charge is 0.507 e. The monoisotopic (exact) mass is 433 g/mol. The van der Waals surface area contributed by atoms with Crippen LogP contribution in [0.15, 0.2) is 78.0 Å². The van der Waals surface area contributed by atoms with Crippen LogP contribution in [-0.2, 0) is 10.0 Å². The first-order valence-electron chi connectivity index (χ1n) is 9.33. The van der Waals surface area contributed by atoms with E-state index in [4.69, 9.17) is 0 Å². The number of aromatic nitrogens is 2. The lowest BCUT2D eigenvalue weighted by molar-refractivity contribution is 0.0909. The molecule has 0 saturated carbocycles. The molecule has 154 valence electrons. The van der Waals surface area contributed by atoms with Gasteiger partial charge in [0.1, 0.15) is 12.3 Å². The lowest BCUT2D eigenvalue weighted by Gasteiger charge is -2.17. The number of phenolic OH excluding ortho intramolecular Hbond substituents is 1. The number of hydrogen-bond donors (Lipinski definition) is 1. The maximum absolute atomic E-state index is 13.0. The molecule has 9 heteroatoms. The van der Waals surface area contributed by atoms with E-state index in [2.05, 4.69) is 5.10 Å². The van der Waals surface area contributed by atoms with Crippen LogP contribution in [0.4, 0.5) is 5.69 Å². The summed E-state index contributed by atoms with van der Waals surface area (Å²) in [6, 6.07) is 16.2. The Morgan fingerprint density at radius 2 is 1.71 bits per heavy atom. The Labute approximate surface area is 177 Å². The highest BCUT2D eigenvalue weighted by atomic mass is 32.2. The van der Waals surface area contributed by atoms with Crippen molar-refractivity contribution in [2.24, 2.45) is 0 Å². The van der Waals surface area contributed by atoms with E-state index in [9.17, 15) is 23.1 Å². The minimum absolute atomic E-state index is 0.0822. The lowest BCUT2D eigenvalue weighted by atomic mass is 10.1. The first-order valence-corrected chi connectivity index (χ1v) is 10.8. The number of nitrogens with zero attached hydrogens (tertiary/aromatic N) is 3. The number of sulfonamides is 1. The molecule has 2 heterocycles. The molecule has 0 bridgehead atoms. The number of benzene rings is 3. The smallest absolute Gasteiger partial charge is 0.267 e. The van der Waals surface area contributed by atoms with Gasteiger partial charge in [-0.25, -0.2) is 13.1 Å². The first-order chi connectivity index (χ1) is 14.9. The molecule has 4 aromatic rings. The molecule has 0 fully saturated rings. The highest BCUT2D eigenvalue weighted by molar-refractivity contribution is 7.93. The van der Waals surface area contributed by atoms with Crippen LogP contribution < -0.4 is 4.31 Å². The Balaban J connectivity index is 1.45. The van der Waals surface area contributed by atoms with E-state index in [1.54, 1.807) is 30.3 Å². The minimum Gasteiger partial charge on any atom is -0.507 e. The predicted octanol–water partition coefficient (Wildman–Crippen LogP) is 2.82. The van der Waals surface area contributed by atoms with Gasteiger partial charge in [-0.15, -0.1) is 0 Å². The summed E-state index contributed by atoms with van der Waals surface area (Å²) < 4.78 is 28.1. The predicted molar refractivity (Wildman–Crippen MR) is 113 cm³/mol. The van der Waals surface area contributed by atoms with Gasteiger partial charge in [0.05, 0.1) is 27.9 Å². The standard InChI is InChI=1S/C22H15N3O5S/c26-18-9-2-1-7-16(18)22(28)15-11-23-24(12-15)20(27)13-25-17-8-3-5-14-6-4-10-19(21(14)17)31(25,29)30/h1-12,26H,13H2. The number of hydrogen-bond acceptors (Lipinski definition) is 6. The number of para-hydroxylation sites is 1. The average Bonchev–Trinajstić information content (AvgIpc) is 3.33. The van der Waals surface area contributed by atoms with Crippen LogP contribution in [0.5, 0.6) is 5.75 Å². The molecule has 1 aliphatic rings. The van der Waals surface area contributed by atoms with Crippen molar-refractivity contribution in [2.75, 3.05) is 10.8 Å². The molecule has 0 spiro atoms. The van der Waals surface area contributed by atoms with Gasteiger partial charge in [-0.1, -0.05) is 36.4 Å². The Morgan fingerprint density at radius 3 is 2.48 bits per heavy atom. The molecule has 3 aromatic carbocycles. The SMILES string of the molecule is O=C(c1cnn(C(=O)CN2c3cccc4cccc(c34)S2(=O)=O)c1)c1ccccc1O. The van der Waals surface area contributed by atoms with Gasteiger partial charge in [0.15, 0.2) is 5.78 Å². The molecule has 0 amide bonds. The number of carbonyl (C=O) groups excluding carboxylic acids is 2. The van der Waals surface area contributed by atoms with E-state index >= 15 is 0 Å². The molecule has 5 rings (SSSR count). The summed E-state index contributed by atoms with van der Waals surface area (Å²) in [6.07, 6.45) is 2.44. The van der Waals surface area contributed by atoms with E-state index in [-0.39, 0.29) is 21.8 Å². The summed E-state index contributed by atoms with van der Waals surface area (Å²) in [4.78, 5) is 25.6. The Bertz CT molecular complexity index is 1480. The summed E-state index contributed by atoms with van der Waals surface area (Å²) >= 11 is 0. The number of aromatic hydroxyl groups is 1. The van der Waals surface area contributed by atoms with E-state index < -0.39 is 28.3 Å². The number of carbonyl (C=O) groups is 2. The van der Waals surface area contributed by atoms with Gasteiger partial charge in [-0.05, 0) is 29.7 Å². The van der Waals surface area contributed by atoms with Gasteiger partial charge in [0.2, 0.25) is 0 Å². The molecule has 1 aromatic heterocycles. The zero-order valence-electron chi connectivity index (χ0n) is 16.0. The van der Waals surface area contributed by atoms with E-state index in [0.717, 1.165) is 14.4 Å². The third-order valence-electron chi connectivity index (χ3n) is 5.21. The molecule has 31 heavy (non-hydrogen) atoms. The third kappa shape index (κ3) is 2.89. The highest BCUT2D eigenvalue weighted by Gasteiger charge is 2.37. The summed E-state index contributed by atoms with van der Waals surface area (Å²) in [6.45, 7) is -0.470. The number of ketones is 1. The summed E-state index contributed by atoms with van der Waals surface area (Å²) in [5.41, 5.74) is 0.613. The molecule has 0 atom stereocenters. The third-order valence-corrected chi connectivity index (χ3v) is 7.01. The highest BCUT2D eigenvalue weighted by Crippen LogP contribution is 2.41. The molecule has 8 nitrogen and oxygen atoms in total. The van der Waals surface area contributed by atoms with Gasteiger partial charge in [0, 0.05) is 11.6 Å². The van der Waals surface area contributed by atoms with Gasteiger partial charge in [-0.3, -0.25) is 13.9 Å². The van der Waals surface area contributed by atoms with Crippen molar-refractivity contribution in [3.63, 3.8) is 0 Å². The molecule has 1 N–H and O–H groups in total. The fourth-order valence-corrected chi connectivity index (χ4v) is 5.38. The number of rotatable bonds is 4. The summed E-state index contributed by atoms with van der Waals surface area (Å²) in [5, 5.41) is 15.1. The van der Waals surface area contributed by atoms with Gasteiger partial charge >= 0.3 is 0 Å². The second-order valence-electron chi connectivity index (χ2n) is 7.06. The maximum atomic E-state index is 13.0. The lowest BCUT2D eigenvalue weighted by Crippen LogP contribution is -2.35. The van der Waals surface area contributed by atoms with Crippen LogP contribution in [0.1, 0.15) is 20.7 Å². The maximum Gasteiger partial charge on any atom is 0.267 e. The Morgan fingerprint density at radius 1 is 0.968 bits per heavy atom. The molecule has 0 aliphatic carbocycles. The normalized spacial score (nSPS) is 14.1. The van der Waals surface area contributed by atoms with Crippen molar-refractivity contribution in [3.05, 3.63) is 84.2 Å². The van der Waals surface area contributed by atoms with Crippen molar-refractivity contribution in [1.29, 1.82) is 0 Å². The fraction of sp³-hybridized carbons (Fsp3) is 0.0455. The van der Waals surface area contributed by atoms with Crippen molar-refractivity contribution >= 4 is 38.2 Å². The van der Waals surface area contributed by atoms with Crippen LogP contribution in [0.25, 0.3) is 10.8 Å². The Hall–Kier alpha value is -3.98. The van der Waals surface area contributed by atoms with Crippen molar-refractivity contribution in [1.82, 2.24) is 9.78 Å². The zero-order valence-corrected chi connectivity index (χ0v) is 16.8. The summed E-state index contributed by atoms with van der Waals surface area (Å²) in [5.74, 6) is -1.30. The van der Waals surface area contributed by atoms with E-state index in [1.807, 2.05) is 12.1 Å². The first kappa shape index (κ1) is 19.0. The molecular formula is C22H15N3O5S. The van der Waals surface area contributed by atoms with Gasteiger partial charge in [-0.2, -0.15) is 5.10 Å². The molecular weight excluding hydrogens is 418 g/mol. The van der Waals surface area contributed by atoms with Crippen molar-refractivity contribution < 1.29 is 23.1 Å². The van der Waals surface area contributed by atoms with Crippen LogP contribution in [-0.4, -0.2) is 41.5 Å². The number of phenols is 1. The average molecular weight is 433 g/mol. The number of anilines is 1. The van der Waals surface area contributed by atoms with Crippen LogP contribution in [0, 0.1) is 0 Å². The Kier molecular flexibility index (Phi) is 4.16. The van der Waals surface area contributed by atoms with Crippen molar-refractivity contribution in [3.8, 4) is 5.75 Å². The zero-order chi connectivity index (χ0) is 21.8. The minimum atomic E-state index is -3.89. The van der Waals surface area contributed by atoms with Crippen LogP contribution >= 0.6 is 0 Å². The summed E-state index contributed by atoms with van der Waals surface area (Å²) in [7, 11) is -3.89. The second-order valence-corrected chi connectivity index (χ2v) is 8.89. The topological polar surface area (TPSA) is 110 Å². The van der Waals surface area contributed by atoms with Gasteiger partial charge < -0.3 is 5.11 Å². The second kappa shape index (κ2) is 6.78. The quantitative estimate of drug-likeness (QED) is 0.496. The van der Waals surface area contributed by atoms with Gasteiger partial charge in [0.25, 0.3) is 15.9 Å². The van der Waals surface area contributed by atoms with Crippen molar-refractivity contribution in [2.45, 2.75) is 4.90 Å². The van der Waals surface area contributed by atoms with E-state index in [1.165, 1.54) is 30.6 Å². The fourth-order valence-electron chi connectivity index (χ4n) is 3.72. The molecule has 0 saturated heterocycles. The van der Waals surface area contributed by atoms with Crippen LogP contribution in [0.3, 0.4) is 0 Å². The molecule has 0 unspecified atom stereocenters.